The number of rotatable bonds is 5. The molecule has 2 aliphatic heterocycles. The number of ether oxygens (including phenoxy) is 1. The highest BCUT2D eigenvalue weighted by atomic mass is 16.5. The van der Waals surface area contributed by atoms with Gasteiger partial charge < -0.3 is 14.5 Å². The number of esters is 1. The number of methoxy groups -OCH3 is 1. The molecule has 0 spiro atoms. The third-order valence-corrected chi connectivity index (χ3v) is 5.41. The first-order valence-corrected chi connectivity index (χ1v) is 9.10. The lowest BCUT2D eigenvalue weighted by atomic mass is 9.97. The summed E-state index contributed by atoms with van der Waals surface area (Å²) in [4.78, 5) is 44.8. The molecule has 7 nitrogen and oxygen atoms in total. The molecule has 2 aliphatic rings. The molecule has 2 fully saturated rings. The number of piperazine rings is 1. The standard InChI is InChI=1S/C19H25N3O4/c1-3-16-15(19(25)26-2)9-14-11-21(12-18(24)22(14)16)17(23)7-6-13-5-4-8-20-10-13/h4-5,8,10,14-16H,3,6-7,9,11-12H2,1-2H3/t14-,15-,16-/m0/s1. The number of hydrogen-bond donors (Lipinski definition) is 0. The molecule has 1 aromatic heterocycles. The fraction of sp³-hybridized carbons (Fsp3) is 0.579. The van der Waals surface area contributed by atoms with E-state index in [2.05, 4.69) is 4.98 Å². The number of pyridine rings is 1. The number of amides is 2. The second-order valence-corrected chi connectivity index (χ2v) is 6.93. The van der Waals surface area contributed by atoms with Gasteiger partial charge in [0.1, 0.15) is 0 Å². The van der Waals surface area contributed by atoms with Crippen molar-refractivity contribution in [3.05, 3.63) is 30.1 Å². The van der Waals surface area contributed by atoms with Crippen LogP contribution >= 0.6 is 0 Å². The highest BCUT2D eigenvalue weighted by molar-refractivity contribution is 5.88. The van der Waals surface area contributed by atoms with E-state index in [1.54, 1.807) is 17.3 Å². The number of fused-ring (bicyclic) bond motifs is 1. The Balaban J connectivity index is 1.64. The zero-order valence-corrected chi connectivity index (χ0v) is 15.3. The Morgan fingerprint density at radius 1 is 1.38 bits per heavy atom. The highest BCUT2D eigenvalue weighted by Gasteiger charge is 2.49. The molecule has 3 atom stereocenters. The summed E-state index contributed by atoms with van der Waals surface area (Å²) in [5, 5.41) is 0. The van der Waals surface area contributed by atoms with Crippen molar-refractivity contribution >= 4 is 17.8 Å². The van der Waals surface area contributed by atoms with Gasteiger partial charge in [-0.05, 0) is 30.9 Å². The summed E-state index contributed by atoms with van der Waals surface area (Å²) in [7, 11) is 1.38. The average molecular weight is 359 g/mol. The zero-order valence-electron chi connectivity index (χ0n) is 15.3. The number of carbonyl (C=O) groups excluding carboxylic acids is 3. The third-order valence-electron chi connectivity index (χ3n) is 5.41. The van der Waals surface area contributed by atoms with Crippen LogP contribution in [-0.4, -0.2) is 64.9 Å². The first-order valence-electron chi connectivity index (χ1n) is 9.10. The summed E-state index contributed by atoms with van der Waals surface area (Å²) in [6.07, 6.45) is 5.67. The van der Waals surface area contributed by atoms with Gasteiger partial charge in [0, 0.05) is 31.4 Å². The number of aromatic nitrogens is 1. The van der Waals surface area contributed by atoms with Gasteiger partial charge in [-0.15, -0.1) is 0 Å². The van der Waals surface area contributed by atoms with Crippen molar-refractivity contribution in [3.8, 4) is 0 Å². The first kappa shape index (κ1) is 18.4. The van der Waals surface area contributed by atoms with Crippen molar-refractivity contribution in [3.63, 3.8) is 0 Å². The molecule has 0 saturated carbocycles. The van der Waals surface area contributed by atoms with Gasteiger partial charge in [0.15, 0.2) is 0 Å². The van der Waals surface area contributed by atoms with Crippen molar-refractivity contribution in [2.24, 2.45) is 5.92 Å². The lowest BCUT2D eigenvalue weighted by Gasteiger charge is -2.39. The minimum absolute atomic E-state index is 0.0311. The average Bonchev–Trinajstić information content (AvgIpc) is 3.05. The molecule has 3 heterocycles. The van der Waals surface area contributed by atoms with Crippen molar-refractivity contribution in [1.29, 1.82) is 0 Å². The summed E-state index contributed by atoms with van der Waals surface area (Å²) in [5.41, 5.74) is 1.00. The van der Waals surface area contributed by atoms with Crippen LogP contribution in [0.3, 0.4) is 0 Å². The molecule has 26 heavy (non-hydrogen) atoms. The van der Waals surface area contributed by atoms with Crippen LogP contribution in [0.2, 0.25) is 0 Å². The maximum absolute atomic E-state index is 12.7. The molecule has 0 bridgehead atoms. The van der Waals surface area contributed by atoms with Crippen LogP contribution in [0.5, 0.6) is 0 Å². The van der Waals surface area contributed by atoms with E-state index in [4.69, 9.17) is 4.74 Å². The van der Waals surface area contributed by atoms with Crippen molar-refractivity contribution < 1.29 is 19.1 Å². The Hall–Kier alpha value is -2.44. The SMILES string of the molecule is CC[C@H]1[C@@H](C(=O)OC)C[C@H]2CN(C(=O)CCc3cccnc3)CC(=O)N21. The lowest BCUT2D eigenvalue weighted by molar-refractivity contribution is -0.150. The minimum atomic E-state index is -0.301. The second-order valence-electron chi connectivity index (χ2n) is 6.93. The third kappa shape index (κ3) is 3.57. The van der Waals surface area contributed by atoms with Crippen LogP contribution < -0.4 is 0 Å². The zero-order chi connectivity index (χ0) is 18.7. The van der Waals surface area contributed by atoms with E-state index >= 15 is 0 Å². The molecule has 7 heteroatoms. The van der Waals surface area contributed by atoms with Crippen molar-refractivity contribution in [1.82, 2.24) is 14.8 Å². The smallest absolute Gasteiger partial charge is 0.310 e. The number of aryl methyl sites for hydroxylation is 1. The molecule has 0 unspecified atom stereocenters. The molecule has 0 N–H and O–H groups in total. The summed E-state index contributed by atoms with van der Waals surface area (Å²) >= 11 is 0. The topological polar surface area (TPSA) is 79.8 Å². The van der Waals surface area contributed by atoms with Crippen LogP contribution in [0.1, 0.15) is 31.7 Å². The van der Waals surface area contributed by atoms with E-state index in [0.717, 1.165) is 5.56 Å². The second kappa shape index (κ2) is 7.85. The maximum atomic E-state index is 12.7. The van der Waals surface area contributed by atoms with Gasteiger partial charge in [-0.2, -0.15) is 0 Å². The Kier molecular flexibility index (Phi) is 5.54. The van der Waals surface area contributed by atoms with E-state index in [9.17, 15) is 14.4 Å². The molecular formula is C19H25N3O4. The Morgan fingerprint density at radius 3 is 2.85 bits per heavy atom. The summed E-state index contributed by atoms with van der Waals surface area (Å²) in [5.74, 6) is -0.677. The number of nitrogens with zero attached hydrogens (tertiary/aromatic N) is 3. The lowest BCUT2D eigenvalue weighted by Crippen LogP contribution is -2.57. The Morgan fingerprint density at radius 2 is 2.19 bits per heavy atom. The van der Waals surface area contributed by atoms with Gasteiger partial charge in [-0.3, -0.25) is 19.4 Å². The van der Waals surface area contributed by atoms with Gasteiger partial charge in [-0.25, -0.2) is 0 Å². The molecule has 0 aliphatic carbocycles. The quantitative estimate of drug-likeness (QED) is 0.734. The van der Waals surface area contributed by atoms with Gasteiger partial charge in [0.25, 0.3) is 0 Å². The molecule has 2 amide bonds. The first-order chi connectivity index (χ1) is 12.5. The van der Waals surface area contributed by atoms with Crippen molar-refractivity contribution in [2.45, 2.75) is 44.7 Å². The largest absolute Gasteiger partial charge is 0.469 e. The number of carbonyl (C=O) groups is 3. The van der Waals surface area contributed by atoms with Gasteiger partial charge in [0.2, 0.25) is 11.8 Å². The van der Waals surface area contributed by atoms with E-state index in [0.29, 0.717) is 32.2 Å². The summed E-state index contributed by atoms with van der Waals surface area (Å²) in [6.45, 7) is 2.55. The fourth-order valence-electron chi connectivity index (χ4n) is 4.17. The van der Waals surface area contributed by atoms with E-state index in [1.165, 1.54) is 7.11 Å². The predicted octanol–water partition coefficient (Wildman–Crippen LogP) is 1.03. The van der Waals surface area contributed by atoms with E-state index < -0.39 is 0 Å². The summed E-state index contributed by atoms with van der Waals surface area (Å²) < 4.78 is 4.91. The van der Waals surface area contributed by atoms with Crippen LogP contribution in [0.15, 0.2) is 24.5 Å². The maximum Gasteiger partial charge on any atom is 0.310 e. The monoisotopic (exact) mass is 359 g/mol. The van der Waals surface area contributed by atoms with Gasteiger partial charge in [0.05, 0.1) is 25.6 Å². The van der Waals surface area contributed by atoms with Gasteiger partial charge >= 0.3 is 5.97 Å². The van der Waals surface area contributed by atoms with Crippen LogP contribution in [0, 0.1) is 5.92 Å². The molecular weight excluding hydrogens is 334 g/mol. The molecule has 1 aromatic rings. The van der Waals surface area contributed by atoms with Crippen LogP contribution in [0.25, 0.3) is 0 Å². The molecule has 140 valence electrons. The van der Waals surface area contributed by atoms with E-state index in [1.807, 2.05) is 24.0 Å². The van der Waals surface area contributed by atoms with Crippen molar-refractivity contribution in [2.75, 3.05) is 20.2 Å². The normalized spacial score (nSPS) is 25.2. The fourth-order valence-corrected chi connectivity index (χ4v) is 4.17. The van der Waals surface area contributed by atoms with Crippen LogP contribution in [-0.2, 0) is 25.5 Å². The highest BCUT2D eigenvalue weighted by Crippen LogP contribution is 2.35. The Labute approximate surface area is 153 Å². The van der Waals surface area contributed by atoms with E-state index in [-0.39, 0.29) is 42.3 Å². The molecule has 0 radical (unpaired) electrons. The van der Waals surface area contributed by atoms with Crippen LogP contribution in [0.4, 0.5) is 0 Å². The molecule has 2 saturated heterocycles. The molecule has 3 rings (SSSR count). The predicted molar refractivity (Wildman–Crippen MR) is 94.0 cm³/mol. The summed E-state index contributed by atoms with van der Waals surface area (Å²) in [6, 6.07) is 3.55. The van der Waals surface area contributed by atoms with Gasteiger partial charge in [-0.1, -0.05) is 13.0 Å². The molecule has 0 aromatic carbocycles. The number of hydrogen-bond acceptors (Lipinski definition) is 5. The minimum Gasteiger partial charge on any atom is -0.469 e. The Bertz CT molecular complexity index is 679.